The molecule has 2 heterocycles. The number of hydrogen-bond donors (Lipinski definition) is 1. The average molecular weight is 265 g/mol. The molecule has 98 valence electrons. The number of amides is 1. The third kappa shape index (κ3) is 3.08. The average Bonchev–Trinajstić information content (AvgIpc) is 2.26. The highest BCUT2D eigenvalue weighted by Gasteiger charge is 2.34. The highest BCUT2D eigenvalue weighted by atomic mass is 35.5. The number of rotatable bonds is 2. The van der Waals surface area contributed by atoms with Crippen LogP contribution >= 0.6 is 12.4 Å². The Morgan fingerprint density at radius 3 is 2.65 bits per heavy atom. The van der Waals surface area contributed by atoms with E-state index in [0.717, 1.165) is 13.1 Å². The maximum Gasteiger partial charge on any atom is 0.336 e. The smallest absolute Gasteiger partial charge is 0.336 e. The molecule has 0 aromatic heterocycles. The van der Waals surface area contributed by atoms with Crippen molar-refractivity contribution in [1.82, 2.24) is 10.2 Å². The number of halogens is 1. The molecular formula is C10H17ClN2O4. The van der Waals surface area contributed by atoms with Gasteiger partial charge in [0.05, 0.1) is 26.2 Å². The Balaban J connectivity index is 0.00000144. The number of nitrogens with zero attached hydrogens (tertiary/aromatic N) is 1. The maximum atomic E-state index is 11.9. The molecule has 1 unspecified atom stereocenters. The van der Waals surface area contributed by atoms with E-state index in [1.54, 1.807) is 4.90 Å². The van der Waals surface area contributed by atoms with E-state index in [1.165, 1.54) is 7.11 Å². The van der Waals surface area contributed by atoms with Gasteiger partial charge in [0.1, 0.15) is 0 Å². The first-order valence-electron chi connectivity index (χ1n) is 5.41. The van der Waals surface area contributed by atoms with Crippen LogP contribution in [0.1, 0.15) is 0 Å². The second-order valence-electron chi connectivity index (χ2n) is 4.02. The second-order valence-corrected chi connectivity index (χ2v) is 4.02. The molecule has 0 aromatic carbocycles. The predicted molar refractivity (Wildman–Crippen MR) is 61.9 cm³/mol. The SMILES string of the molecule is COC(=O)C1CN(C(=O)C2CNC2)CCO1.Cl. The van der Waals surface area contributed by atoms with E-state index in [4.69, 9.17) is 4.74 Å². The Morgan fingerprint density at radius 2 is 2.12 bits per heavy atom. The van der Waals surface area contributed by atoms with Crippen molar-refractivity contribution in [2.45, 2.75) is 6.10 Å². The first kappa shape index (κ1) is 14.2. The van der Waals surface area contributed by atoms with Crippen molar-refractivity contribution in [3.8, 4) is 0 Å². The van der Waals surface area contributed by atoms with Crippen molar-refractivity contribution in [1.29, 1.82) is 0 Å². The summed E-state index contributed by atoms with van der Waals surface area (Å²) in [6, 6.07) is 0. The zero-order valence-electron chi connectivity index (χ0n) is 9.68. The third-order valence-electron chi connectivity index (χ3n) is 2.97. The molecule has 17 heavy (non-hydrogen) atoms. The molecule has 0 aliphatic carbocycles. The zero-order chi connectivity index (χ0) is 11.5. The summed E-state index contributed by atoms with van der Waals surface area (Å²) in [5, 5.41) is 3.06. The summed E-state index contributed by atoms with van der Waals surface area (Å²) >= 11 is 0. The van der Waals surface area contributed by atoms with Crippen LogP contribution in [-0.4, -0.2) is 62.8 Å². The van der Waals surface area contributed by atoms with Gasteiger partial charge in [0.2, 0.25) is 5.91 Å². The maximum absolute atomic E-state index is 11.9. The van der Waals surface area contributed by atoms with E-state index in [2.05, 4.69) is 10.1 Å². The van der Waals surface area contributed by atoms with Crippen LogP contribution in [0.15, 0.2) is 0 Å². The van der Waals surface area contributed by atoms with Gasteiger partial charge < -0.3 is 19.7 Å². The topological polar surface area (TPSA) is 67.9 Å². The lowest BCUT2D eigenvalue weighted by Crippen LogP contribution is -2.56. The number of methoxy groups -OCH3 is 1. The van der Waals surface area contributed by atoms with E-state index in [-0.39, 0.29) is 24.2 Å². The van der Waals surface area contributed by atoms with Crippen LogP contribution in [0.25, 0.3) is 0 Å². The van der Waals surface area contributed by atoms with Gasteiger partial charge in [-0.3, -0.25) is 4.79 Å². The summed E-state index contributed by atoms with van der Waals surface area (Å²) < 4.78 is 9.86. The molecule has 1 atom stereocenters. The fourth-order valence-corrected chi connectivity index (χ4v) is 1.84. The van der Waals surface area contributed by atoms with Crippen LogP contribution in [0.5, 0.6) is 0 Å². The fraction of sp³-hybridized carbons (Fsp3) is 0.800. The van der Waals surface area contributed by atoms with E-state index in [0.29, 0.717) is 19.7 Å². The number of carbonyl (C=O) groups is 2. The number of ether oxygens (including phenoxy) is 2. The molecule has 2 aliphatic heterocycles. The van der Waals surface area contributed by atoms with E-state index in [9.17, 15) is 9.59 Å². The molecule has 0 bridgehead atoms. The Hall–Kier alpha value is -0.850. The number of morpholine rings is 1. The second kappa shape index (κ2) is 6.18. The minimum Gasteiger partial charge on any atom is -0.467 e. The van der Waals surface area contributed by atoms with Gasteiger partial charge in [-0.2, -0.15) is 0 Å². The Labute approximate surface area is 106 Å². The lowest BCUT2D eigenvalue weighted by molar-refractivity contribution is -0.163. The summed E-state index contributed by atoms with van der Waals surface area (Å²) in [6.45, 7) is 2.73. The van der Waals surface area contributed by atoms with Gasteiger partial charge in [0, 0.05) is 19.6 Å². The van der Waals surface area contributed by atoms with E-state index >= 15 is 0 Å². The third-order valence-corrected chi connectivity index (χ3v) is 2.97. The quantitative estimate of drug-likeness (QED) is 0.650. The molecule has 0 radical (unpaired) electrons. The number of esters is 1. The molecule has 1 N–H and O–H groups in total. The largest absolute Gasteiger partial charge is 0.467 e. The van der Waals surface area contributed by atoms with Crippen LogP contribution in [0.3, 0.4) is 0 Å². The molecular weight excluding hydrogens is 248 g/mol. The first-order chi connectivity index (χ1) is 7.72. The molecule has 2 saturated heterocycles. The van der Waals surface area contributed by atoms with Crippen LogP contribution in [-0.2, 0) is 19.1 Å². The summed E-state index contributed by atoms with van der Waals surface area (Å²) in [4.78, 5) is 24.9. The summed E-state index contributed by atoms with van der Waals surface area (Å²) in [7, 11) is 1.32. The summed E-state index contributed by atoms with van der Waals surface area (Å²) in [5.41, 5.74) is 0. The normalized spacial score (nSPS) is 24.5. The van der Waals surface area contributed by atoms with Crippen molar-refractivity contribution in [3.05, 3.63) is 0 Å². The number of hydrogen-bond acceptors (Lipinski definition) is 5. The first-order valence-corrected chi connectivity index (χ1v) is 5.41. The van der Waals surface area contributed by atoms with E-state index < -0.39 is 12.1 Å². The van der Waals surface area contributed by atoms with Gasteiger partial charge in [-0.15, -0.1) is 12.4 Å². The van der Waals surface area contributed by atoms with Crippen LogP contribution in [0, 0.1) is 5.92 Å². The van der Waals surface area contributed by atoms with Gasteiger partial charge in [-0.25, -0.2) is 4.79 Å². The molecule has 7 heteroatoms. The molecule has 2 aliphatic rings. The Bertz CT molecular complexity index is 296. The lowest BCUT2D eigenvalue weighted by atomic mass is 10.0. The van der Waals surface area contributed by atoms with Crippen molar-refractivity contribution in [2.24, 2.45) is 5.92 Å². The van der Waals surface area contributed by atoms with Crippen molar-refractivity contribution < 1.29 is 19.1 Å². The highest BCUT2D eigenvalue weighted by molar-refractivity contribution is 5.85. The zero-order valence-corrected chi connectivity index (χ0v) is 10.5. The highest BCUT2D eigenvalue weighted by Crippen LogP contribution is 2.13. The Morgan fingerprint density at radius 1 is 1.41 bits per heavy atom. The van der Waals surface area contributed by atoms with Gasteiger partial charge in [0.15, 0.2) is 6.10 Å². The number of carbonyl (C=O) groups excluding carboxylic acids is 2. The fourth-order valence-electron chi connectivity index (χ4n) is 1.84. The monoisotopic (exact) mass is 264 g/mol. The van der Waals surface area contributed by atoms with Gasteiger partial charge in [0.25, 0.3) is 0 Å². The van der Waals surface area contributed by atoms with E-state index in [1.807, 2.05) is 0 Å². The summed E-state index contributed by atoms with van der Waals surface area (Å²) in [6.07, 6.45) is -0.629. The predicted octanol–water partition coefficient (Wildman–Crippen LogP) is -0.972. The van der Waals surface area contributed by atoms with Crippen molar-refractivity contribution in [2.75, 3.05) is 39.9 Å². The molecule has 2 rings (SSSR count). The van der Waals surface area contributed by atoms with Gasteiger partial charge in [-0.05, 0) is 0 Å². The lowest BCUT2D eigenvalue weighted by Gasteiger charge is -2.36. The molecule has 0 aromatic rings. The van der Waals surface area contributed by atoms with Crippen molar-refractivity contribution >= 4 is 24.3 Å². The summed E-state index contributed by atoms with van der Waals surface area (Å²) in [5.74, 6) is -0.239. The molecule has 1 amide bonds. The van der Waals surface area contributed by atoms with Crippen molar-refractivity contribution in [3.63, 3.8) is 0 Å². The molecule has 0 saturated carbocycles. The molecule has 2 fully saturated rings. The van der Waals surface area contributed by atoms with Crippen LogP contribution in [0.4, 0.5) is 0 Å². The molecule has 6 nitrogen and oxygen atoms in total. The van der Waals surface area contributed by atoms with Gasteiger partial charge >= 0.3 is 5.97 Å². The minimum atomic E-state index is -0.629. The standard InChI is InChI=1S/C10H16N2O4.ClH/c1-15-10(14)8-6-12(2-3-16-8)9(13)7-4-11-5-7;/h7-8,11H,2-6H2,1H3;1H. The Kier molecular flexibility index (Phi) is 5.17. The molecule has 0 spiro atoms. The minimum absolute atomic E-state index is 0. The van der Waals surface area contributed by atoms with Crippen LogP contribution in [0.2, 0.25) is 0 Å². The van der Waals surface area contributed by atoms with Gasteiger partial charge in [-0.1, -0.05) is 0 Å². The number of nitrogens with one attached hydrogen (secondary N) is 1. The van der Waals surface area contributed by atoms with Crippen LogP contribution < -0.4 is 5.32 Å².